The van der Waals surface area contributed by atoms with Gasteiger partial charge < -0.3 is 64.4 Å². The van der Waals surface area contributed by atoms with E-state index in [0.717, 1.165) is 0 Å². The van der Waals surface area contributed by atoms with E-state index < -0.39 is 78.4 Å². The fourth-order valence-electron chi connectivity index (χ4n) is 7.56. The number of carbonyl (C=O) groups excluding carboxylic acids is 3. The second-order valence-electron chi connectivity index (χ2n) is 15.1. The molecule has 2 aromatic rings. The highest BCUT2D eigenvalue weighted by Gasteiger charge is 2.55. The number of anilines is 1. The molecule has 6 aliphatic rings. The number of likely N-dealkylation sites (N-methyl/N-ethyl adjacent to an activating group) is 1. The number of esters is 2. The molecule has 0 radical (unpaired) electrons. The Hall–Kier alpha value is -6.11. The number of nitrogens with zero attached hydrogens (tertiary/aromatic N) is 1. The molecular formula is C43H43N3O13. The fraction of sp³-hybridized carbons (Fsp3) is 0.372. The number of aliphatic hydroxyl groups is 2. The topological polar surface area (TPSA) is 218 Å². The van der Waals surface area contributed by atoms with Crippen LogP contribution in [-0.4, -0.2) is 114 Å². The van der Waals surface area contributed by atoms with Crippen LogP contribution in [0.1, 0.15) is 42.2 Å². The summed E-state index contributed by atoms with van der Waals surface area (Å²) in [6.45, 7) is 6.56. The number of fused-ring (bicyclic) bond motifs is 9. The highest BCUT2D eigenvalue weighted by molar-refractivity contribution is 6.10. The first-order chi connectivity index (χ1) is 28.0. The lowest BCUT2D eigenvalue weighted by atomic mass is 9.85. The van der Waals surface area contributed by atoms with Crippen LogP contribution in [0.2, 0.25) is 0 Å². The van der Waals surface area contributed by atoms with Crippen LogP contribution < -0.4 is 25.3 Å². The Morgan fingerprint density at radius 1 is 1.10 bits per heavy atom. The van der Waals surface area contributed by atoms with Crippen molar-refractivity contribution in [3.05, 3.63) is 89.2 Å². The van der Waals surface area contributed by atoms with E-state index in [1.165, 1.54) is 37.5 Å². The Balaban J connectivity index is 1.32. The number of phenolic OH excluding ortho intramolecular Hbond substituents is 1. The van der Waals surface area contributed by atoms with Crippen molar-refractivity contribution in [3.63, 3.8) is 0 Å². The van der Waals surface area contributed by atoms with Gasteiger partial charge >= 0.3 is 11.9 Å². The summed E-state index contributed by atoms with van der Waals surface area (Å²) in [6.07, 6.45) is -1.08. The van der Waals surface area contributed by atoms with E-state index in [4.69, 9.17) is 38.9 Å². The molecule has 4 aliphatic heterocycles. The molecule has 16 heteroatoms. The molecule has 1 fully saturated rings. The molecule has 4 heterocycles. The number of ether oxygens (including phenoxy) is 7. The number of methoxy groups -OCH3 is 1. The Labute approximate surface area is 339 Å². The van der Waals surface area contributed by atoms with Crippen molar-refractivity contribution in [2.75, 3.05) is 33.1 Å². The Morgan fingerprint density at radius 3 is 2.61 bits per heavy atom. The zero-order chi connectivity index (χ0) is 42.4. The number of hydrogen-bond donors (Lipinski definition) is 5. The molecule has 59 heavy (non-hydrogen) atoms. The first-order valence-electron chi connectivity index (χ1n) is 18.5. The van der Waals surface area contributed by atoms with Crippen LogP contribution in [0.25, 0.3) is 0 Å². The molecule has 0 unspecified atom stereocenters. The maximum atomic E-state index is 14.1. The van der Waals surface area contributed by atoms with E-state index in [9.17, 15) is 29.7 Å². The molecule has 1 amide bonds. The highest BCUT2D eigenvalue weighted by Crippen LogP contribution is 2.43. The van der Waals surface area contributed by atoms with Crippen molar-refractivity contribution in [3.8, 4) is 46.7 Å². The third-order valence-electron chi connectivity index (χ3n) is 10.4. The summed E-state index contributed by atoms with van der Waals surface area (Å²) in [5, 5.41) is 36.5. The predicted molar refractivity (Wildman–Crippen MR) is 209 cm³/mol. The van der Waals surface area contributed by atoms with E-state index in [2.05, 4.69) is 35.6 Å². The first-order valence-corrected chi connectivity index (χ1v) is 18.5. The largest absolute Gasteiger partial charge is 0.504 e. The van der Waals surface area contributed by atoms with Crippen LogP contribution in [0, 0.1) is 23.7 Å². The zero-order valence-corrected chi connectivity index (χ0v) is 32.8. The summed E-state index contributed by atoms with van der Waals surface area (Å²) in [6, 6.07) is 5.64. The van der Waals surface area contributed by atoms with Gasteiger partial charge in [0.15, 0.2) is 47.1 Å². The van der Waals surface area contributed by atoms with E-state index in [0.29, 0.717) is 5.56 Å². The van der Waals surface area contributed by atoms with Crippen LogP contribution in [0.15, 0.2) is 78.1 Å². The van der Waals surface area contributed by atoms with Crippen molar-refractivity contribution in [2.45, 2.75) is 74.3 Å². The van der Waals surface area contributed by atoms with Crippen molar-refractivity contribution >= 4 is 23.5 Å². The summed E-state index contributed by atoms with van der Waals surface area (Å²) in [7, 11) is 4.90. The zero-order valence-electron chi connectivity index (χ0n) is 32.8. The molecule has 0 spiro atoms. The Kier molecular flexibility index (Phi) is 11.1. The van der Waals surface area contributed by atoms with Gasteiger partial charge in [-0.3, -0.25) is 9.59 Å². The minimum atomic E-state index is -1.73. The van der Waals surface area contributed by atoms with Crippen molar-refractivity contribution < 1.29 is 62.9 Å². The molecular weight excluding hydrogens is 766 g/mol. The van der Waals surface area contributed by atoms with Gasteiger partial charge in [0.25, 0.3) is 5.91 Å². The number of allylic oxidation sites excluding steroid dienone is 3. The van der Waals surface area contributed by atoms with Crippen LogP contribution >= 0.6 is 0 Å². The van der Waals surface area contributed by atoms with Gasteiger partial charge in [-0.15, -0.1) is 0 Å². The van der Waals surface area contributed by atoms with Crippen LogP contribution in [0.5, 0.6) is 23.0 Å². The molecule has 8 atom stereocenters. The van der Waals surface area contributed by atoms with E-state index in [-0.39, 0.29) is 57.6 Å². The molecule has 2 aromatic carbocycles. The van der Waals surface area contributed by atoms with Crippen LogP contribution in [-0.2, 0) is 28.5 Å². The monoisotopic (exact) mass is 809 g/mol. The quantitative estimate of drug-likeness (QED) is 0.161. The second kappa shape index (κ2) is 15.9. The molecule has 16 nitrogen and oxygen atoms in total. The maximum absolute atomic E-state index is 14.1. The average molecular weight is 810 g/mol. The van der Waals surface area contributed by atoms with E-state index in [1.807, 2.05) is 0 Å². The van der Waals surface area contributed by atoms with Crippen molar-refractivity contribution in [1.29, 1.82) is 0 Å². The standard InChI is InChI=1S/C43H43N3O13/c1-22-39(51)45-35-27(18-26(53-6)19-31(35)55-22)40(52)57-32-21-54-34(48)20-28(44)24-13-15-30(29(47)17-24)56-33-11-7-9-23(32)12-14-25-10-8-16-43(25,33)59-41-37(50)36(49)38(46(4)5)42(2,3)58-41/h8-10,13,15-19,28,32-33,36-38,41,47,49-50H,1,20-21,44H2,2-6H3,(H,45,51)/b23-9+/t28-,32-,33+,36-,37+,38-,41-,43+/m0/s1. The van der Waals surface area contributed by atoms with Gasteiger partial charge in [0.2, 0.25) is 0 Å². The molecule has 2 aliphatic carbocycles. The number of hydrogen-bond acceptors (Lipinski definition) is 15. The summed E-state index contributed by atoms with van der Waals surface area (Å²) in [4.78, 5) is 41.5. The number of amides is 1. The maximum Gasteiger partial charge on any atom is 0.341 e. The minimum Gasteiger partial charge on any atom is -0.504 e. The average Bonchev–Trinajstić information content (AvgIpc) is 3.60. The SMILES string of the molecule is C=C1Oc2cc(OC)cc(C(=O)O[C@H]3COC(=O)C[C@H](N)c4ccc(c(O)c4)O[C@@H]4C#C/C=C/3C#CC3=CC=C[C@@]34O[C@@H]3OC(C)(C)[C@@H](N(C)C)[C@@H](O)[C@H]3O)c2NC1=O. The fourth-order valence-corrected chi connectivity index (χ4v) is 7.56. The molecule has 8 rings (SSSR count). The lowest BCUT2D eigenvalue weighted by Gasteiger charge is -2.51. The first kappa shape index (κ1) is 41.1. The van der Waals surface area contributed by atoms with Gasteiger partial charge in [-0.1, -0.05) is 36.5 Å². The number of aliphatic hydroxyl groups excluding tert-OH is 2. The molecule has 0 saturated carbocycles. The molecule has 6 N–H and O–H groups in total. The van der Waals surface area contributed by atoms with Crippen molar-refractivity contribution in [1.82, 2.24) is 4.90 Å². The second-order valence-corrected chi connectivity index (χ2v) is 15.1. The number of aromatic hydroxyl groups is 1. The van der Waals surface area contributed by atoms with Gasteiger partial charge in [0.1, 0.15) is 24.6 Å². The van der Waals surface area contributed by atoms with Crippen LogP contribution in [0.3, 0.4) is 0 Å². The molecule has 308 valence electrons. The summed E-state index contributed by atoms with van der Waals surface area (Å²) < 4.78 is 42.0. The minimum absolute atomic E-state index is 0.00550. The third kappa shape index (κ3) is 7.90. The number of nitrogens with one attached hydrogen (secondary N) is 1. The smallest absolute Gasteiger partial charge is 0.341 e. The number of carbonyl (C=O) groups is 3. The Morgan fingerprint density at radius 2 is 1.88 bits per heavy atom. The predicted octanol–water partition coefficient (Wildman–Crippen LogP) is 2.15. The lowest BCUT2D eigenvalue weighted by molar-refractivity contribution is -0.329. The summed E-state index contributed by atoms with van der Waals surface area (Å²) >= 11 is 0. The van der Waals surface area contributed by atoms with E-state index >= 15 is 0 Å². The summed E-state index contributed by atoms with van der Waals surface area (Å²) in [5.74, 6) is 9.31. The molecule has 1 saturated heterocycles. The number of rotatable bonds is 6. The van der Waals surface area contributed by atoms with Gasteiger partial charge in [-0.05, 0) is 69.8 Å². The Bertz CT molecular complexity index is 2330. The van der Waals surface area contributed by atoms with Gasteiger partial charge in [-0.25, -0.2) is 4.79 Å². The van der Waals surface area contributed by atoms with Gasteiger partial charge in [-0.2, -0.15) is 0 Å². The summed E-state index contributed by atoms with van der Waals surface area (Å²) in [5.41, 5.74) is 4.15. The number of benzene rings is 2. The normalized spacial score (nSPS) is 30.2. The third-order valence-corrected chi connectivity index (χ3v) is 10.4. The molecule has 0 aromatic heterocycles. The number of nitrogens with two attached hydrogens (primary N) is 1. The van der Waals surface area contributed by atoms with Crippen LogP contribution in [0.4, 0.5) is 5.69 Å². The lowest BCUT2D eigenvalue weighted by Crippen LogP contribution is -2.68. The highest BCUT2D eigenvalue weighted by atomic mass is 16.7. The van der Waals surface area contributed by atoms with E-state index in [1.54, 1.807) is 57.1 Å². The van der Waals surface area contributed by atoms with Gasteiger partial charge in [0.05, 0.1) is 42.0 Å². The number of phenols is 1. The van der Waals surface area contributed by atoms with Crippen molar-refractivity contribution in [2.24, 2.45) is 5.73 Å². The van der Waals surface area contributed by atoms with Gasteiger partial charge in [0, 0.05) is 23.8 Å². The molecule has 4 bridgehead atoms.